The lowest BCUT2D eigenvalue weighted by atomic mass is 9.96. The number of primary amides is 1. The van der Waals surface area contributed by atoms with Crippen LogP contribution < -0.4 is 70.8 Å². The van der Waals surface area contributed by atoms with Gasteiger partial charge < -0.3 is 91.2 Å². The fourth-order valence-corrected chi connectivity index (χ4v) is 8.59. The highest BCUT2D eigenvalue weighted by molar-refractivity contribution is 6.00. The number of nitrogens with two attached hydrogens (primary N) is 4. The first-order valence-electron chi connectivity index (χ1n) is 28.9. The van der Waals surface area contributed by atoms with Crippen molar-refractivity contribution in [3.05, 3.63) is 29.8 Å². The predicted molar refractivity (Wildman–Crippen MR) is 312 cm³/mol. The minimum absolute atomic E-state index is 0.0636. The minimum atomic E-state index is -1.87. The molecule has 0 aliphatic carbocycles. The number of carboxylic acids is 3. The van der Waals surface area contributed by atoms with Crippen molar-refractivity contribution >= 4 is 77.0 Å². The van der Waals surface area contributed by atoms with Gasteiger partial charge in [0.25, 0.3) is 0 Å². The van der Waals surface area contributed by atoms with Crippen LogP contribution in [0.3, 0.4) is 0 Å². The van der Waals surface area contributed by atoms with Crippen molar-refractivity contribution in [1.29, 1.82) is 0 Å². The highest BCUT2D eigenvalue weighted by atomic mass is 16.4. The minimum Gasteiger partial charge on any atom is -0.508 e. The summed E-state index contributed by atoms with van der Waals surface area (Å²) in [5, 5.41) is 61.2. The molecule has 86 heavy (non-hydrogen) atoms. The van der Waals surface area contributed by atoms with Crippen molar-refractivity contribution < 1.29 is 82.8 Å². The van der Waals surface area contributed by atoms with Crippen LogP contribution in [0, 0.1) is 23.7 Å². The molecule has 21 N–H and O–H groups in total. The number of hydrogen-bond acceptors (Lipinski definition) is 17. The van der Waals surface area contributed by atoms with Crippen molar-refractivity contribution in [2.45, 2.75) is 199 Å². The number of aliphatic carboxylic acids is 3. The average Bonchev–Trinajstić information content (AvgIpc) is 2.43. The number of phenolic OH excluding ortho intramolecular Hbond substituents is 1. The fraction of sp³-hybridized carbons (Fsp3) is 0.661. The van der Waals surface area contributed by atoms with Crippen molar-refractivity contribution in [3.8, 4) is 5.75 Å². The van der Waals surface area contributed by atoms with E-state index >= 15 is 0 Å². The Hall–Kier alpha value is -7.99. The Balaban J connectivity index is 3.70. The summed E-state index contributed by atoms with van der Waals surface area (Å²) in [6.45, 7) is 13.9. The number of unbranched alkanes of at least 4 members (excludes halogenated alkanes) is 2. The van der Waals surface area contributed by atoms with E-state index in [9.17, 15) is 82.8 Å². The van der Waals surface area contributed by atoms with Gasteiger partial charge >= 0.3 is 17.9 Å². The summed E-state index contributed by atoms with van der Waals surface area (Å²) in [6.07, 6.45) is -1.98. The van der Waals surface area contributed by atoms with Crippen LogP contribution in [0.2, 0.25) is 0 Å². The Morgan fingerprint density at radius 3 is 1.22 bits per heavy atom. The fourth-order valence-electron chi connectivity index (χ4n) is 8.59. The second-order valence-corrected chi connectivity index (χ2v) is 22.5. The Morgan fingerprint density at radius 1 is 0.453 bits per heavy atom. The zero-order valence-electron chi connectivity index (χ0n) is 50.4. The Morgan fingerprint density at radius 2 is 0.814 bits per heavy atom. The molecular formula is C56H93N13O17. The van der Waals surface area contributed by atoms with Gasteiger partial charge in [-0.1, -0.05) is 73.9 Å². The molecule has 0 spiro atoms. The first-order chi connectivity index (χ1) is 40.2. The van der Waals surface area contributed by atoms with Gasteiger partial charge in [0, 0.05) is 6.42 Å². The van der Waals surface area contributed by atoms with E-state index in [-0.39, 0.29) is 81.5 Å². The Bertz CT molecular complexity index is 2460. The zero-order chi connectivity index (χ0) is 65.5. The van der Waals surface area contributed by atoms with Crippen LogP contribution >= 0.6 is 0 Å². The first kappa shape index (κ1) is 76.0. The van der Waals surface area contributed by atoms with Crippen LogP contribution in [-0.4, -0.2) is 171 Å². The summed E-state index contributed by atoms with van der Waals surface area (Å²) in [7, 11) is 0. The molecule has 0 bridgehead atoms. The molecule has 0 unspecified atom stereocenters. The molecule has 1 rings (SSSR count). The van der Waals surface area contributed by atoms with Crippen molar-refractivity contribution in [1.82, 2.24) is 47.9 Å². The average molecular weight is 1220 g/mol. The molecule has 0 saturated carbocycles. The van der Waals surface area contributed by atoms with E-state index in [0.29, 0.717) is 24.8 Å². The van der Waals surface area contributed by atoms with Crippen LogP contribution in [0.1, 0.15) is 138 Å². The third kappa shape index (κ3) is 28.7. The van der Waals surface area contributed by atoms with Gasteiger partial charge in [0.2, 0.25) is 59.1 Å². The molecular weight excluding hydrogens is 1130 g/mol. The summed E-state index contributed by atoms with van der Waals surface area (Å²) < 4.78 is 0. The first-order valence-corrected chi connectivity index (χ1v) is 28.9. The standard InChI is InChI=1S/C56H93N13O17/c1-9-31(8)46(55(84)68-41(27-44(74)75)51(80)62-35(56(85)86)15-11-13-21-58)69-53(82)38(24-32-16-18-33(70)19-17-32)64-50(79)39(25-42(59)71)65-47(76)34(14-10-12-20-57)61-48(77)36(22-28(2)3)63-52(81)40(26-43(72)73)66-49(78)37(23-29(4)5)67-54(83)45(60)30(6)7/h16-19,28-31,34-41,45-46,70H,9-15,20-27,57-58,60H2,1-8H3,(H2,59,71)(H,61,77)(H,62,80)(H,63,81)(H,64,79)(H,65,76)(H,66,78)(H,67,83)(H,68,84)(H,69,82)(H,72,73)(H,74,75)(H,85,86)/t31-,34-,35-,36-,37-,38-,39-,40-,41-,45-,46-/m0/s1. The number of hydrogen-bond donors (Lipinski definition) is 17. The van der Waals surface area contributed by atoms with E-state index in [4.69, 9.17) is 22.9 Å². The lowest BCUT2D eigenvalue weighted by molar-refractivity contribution is -0.144. The number of benzene rings is 1. The maximum absolute atomic E-state index is 14.4. The van der Waals surface area contributed by atoms with E-state index < -0.39 is 163 Å². The van der Waals surface area contributed by atoms with E-state index in [1.54, 1.807) is 48.5 Å². The number of rotatable bonds is 42. The molecule has 30 nitrogen and oxygen atoms in total. The topological polar surface area (TPSA) is 515 Å². The second-order valence-electron chi connectivity index (χ2n) is 22.5. The van der Waals surface area contributed by atoms with Gasteiger partial charge in [0.05, 0.1) is 25.3 Å². The lowest BCUT2D eigenvalue weighted by Crippen LogP contribution is -2.62. The van der Waals surface area contributed by atoms with Crippen molar-refractivity contribution in [2.24, 2.45) is 46.6 Å². The smallest absolute Gasteiger partial charge is 0.326 e. The van der Waals surface area contributed by atoms with Crippen LogP contribution in [0.25, 0.3) is 0 Å². The lowest BCUT2D eigenvalue weighted by Gasteiger charge is -2.29. The van der Waals surface area contributed by atoms with Crippen molar-refractivity contribution in [3.63, 3.8) is 0 Å². The number of aromatic hydroxyl groups is 1. The van der Waals surface area contributed by atoms with E-state index in [1.165, 1.54) is 31.2 Å². The molecule has 0 aliphatic rings. The molecule has 1 aromatic carbocycles. The summed E-state index contributed by atoms with van der Waals surface area (Å²) in [6, 6.07) is -10.0. The molecule has 0 aromatic heterocycles. The van der Waals surface area contributed by atoms with E-state index in [0.717, 1.165) is 0 Å². The predicted octanol–water partition coefficient (Wildman–Crippen LogP) is -2.41. The molecule has 0 fully saturated rings. The maximum Gasteiger partial charge on any atom is 0.326 e. The molecule has 0 radical (unpaired) electrons. The van der Waals surface area contributed by atoms with Crippen molar-refractivity contribution in [2.75, 3.05) is 13.1 Å². The van der Waals surface area contributed by atoms with Gasteiger partial charge in [-0.05, 0) is 106 Å². The number of carboxylic acid groups (broad SMARTS) is 3. The number of amides is 10. The number of phenols is 1. The van der Waals surface area contributed by atoms with Crippen LogP contribution in [0.4, 0.5) is 0 Å². The van der Waals surface area contributed by atoms with Gasteiger partial charge in [-0.2, -0.15) is 0 Å². The highest BCUT2D eigenvalue weighted by Crippen LogP contribution is 2.16. The molecule has 30 heteroatoms. The Kier molecular flexibility index (Phi) is 34.3. The summed E-state index contributed by atoms with van der Waals surface area (Å²) in [5.74, 6) is -16.5. The van der Waals surface area contributed by atoms with E-state index in [2.05, 4.69) is 47.9 Å². The molecule has 0 heterocycles. The third-order valence-electron chi connectivity index (χ3n) is 13.7. The van der Waals surface area contributed by atoms with Gasteiger partial charge in [0.1, 0.15) is 60.1 Å². The van der Waals surface area contributed by atoms with Gasteiger partial charge in [-0.15, -0.1) is 0 Å². The van der Waals surface area contributed by atoms with Crippen LogP contribution in [0.15, 0.2) is 24.3 Å². The third-order valence-corrected chi connectivity index (χ3v) is 13.7. The highest BCUT2D eigenvalue weighted by Gasteiger charge is 2.38. The monoisotopic (exact) mass is 1220 g/mol. The number of carbonyl (C=O) groups excluding carboxylic acids is 10. The van der Waals surface area contributed by atoms with Gasteiger partial charge in [0.15, 0.2) is 0 Å². The second kappa shape index (κ2) is 38.9. The summed E-state index contributed by atoms with van der Waals surface area (Å²) in [5.41, 5.74) is 23.2. The van der Waals surface area contributed by atoms with Gasteiger partial charge in [-0.3, -0.25) is 57.5 Å². The van der Waals surface area contributed by atoms with Gasteiger partial charge in [-0.25, -0.2) is 4.79 Å². The molecule has 0 saturated heterocycles. The SMILES string of the molecule is CC[C@H](C)[C@H](NC(=O)[C@H](Cc1ccc(O)cc1)NC(=O)[C@H](CC(N)=O)NC(=O)[C@H](CCCCN)NC(=O)[C@H](CC(C)C)NC(=O)[C@H](CC(=O)O)NC(=O)[C@H](CC(C)C)NC(=O)[C@@H](N)C(C)C)C(=O)N[C@@H](CC(=O)O)C(=O)N[C@@H](CCCCN)C(=O)O. The van der Waals surface area contributed by atoms with Crippen LogP contribution in [-0.2, 0) is 68.7 Å². The molecule has 0 aliphatic heterocycles. The summed E-state index contributed by atoms with van der Waals surface area (Å²) >= 11 is 0. The maximum atomic E-state index is 14.4. The van der Waals surface area contributed by atoms with E-state index in [1.807, 2.05) is 0 Å². The molecule has 1 aromatic rings. The Labute approximate surface area is 500 Å². The quantitative estimate of drug-likeness (QED) is 0.0303. The number of carbonyl (C=O) groups is 13. The summed E-state index contributed by atoms with van der Waals surface area (Å²) in [4.78, 5) is 174. The molecule has 10 amide bonds. The number of nitrogens with one attached hydrogen (secondary N) is 9. The zero-order valence-corrected chi connectivity index (χ0v) is 50.4. The molecule has 11 atom stereocenters. The normalized spacial score (nSPS) is 15.1. The largest absolute Gasteiger partial charge is 0.508 e. The molecule has 484 valence electrons. The van der Waals surface area contributed by atoms with Crippen LogP contribution in [0.5, 0.6) is 5.75 Å².